The molecule has 0 aromatic rings. The lowest BCUT2D eigenvalue weighted by Gasteiger charge is -2.17. The van der Waals surface area contributed by atoms with Gasteiger partial charge in [0.2, 0.25) is 21.8 Å². The van der Waals surface area contributed by atoms with Crippen LogP contribution in [0.25, 0.3) is 0 Å². The molecule has 84 valence electrons. The van der Waals surface area contributed by atoms with Crippen molar-refractivity contribution in [3.05, 3.63) is 0 Å². The molecule has 0 atom stereocenters. The summed E-state index contributed by atoms with van der Waals surface area (Å²) in [7, 11) is -3.32. The first-order chi connectivity index (χ1) is 6.10. The predicted molar refractivity (Wildman–Crippen MR) is 48.4 cm³/mol. The summed E-state index contributed by atoms with van der Waals surface area (Å²) in [6, 6.07) is 0. The van der Waals surface area contributed by atoms with E-state index in [1.165, 1.54) is 0 Å². The zero-order valence-corrected chi connectivity index (χ0v) is 8.76. The van der Waals surface area contributed by atoms with Gasteiger partial charge in [-0.15, -0.1) is 0 Å². The van der Waals surface area contributed by atoms with Gasteiger partial charge in [-0.25, -0.2) is 13.1 Å². The van der Waals surface area contributed by atoms with Gasteiger partial charge in [0, 0.05) is 19.9 Å². The molecule has 0 aromatic heterocycles. The van der Waals surface area contributed by atoms with Gasteiger partial charge in [-0.05, 0) is 0 Å². The molecule has 0 bridgehead atoms. The fraction of sp³-hybridized carbons (Fsp3) is 0.833. The van der Waals surface area contributed by atoms with Crippen LogP contribution in [0.15, 0.2) is 0 Å². The number of carbonyl (C=O) groups excluding carboxylic acids is 1. The summed E-state index contributed by atoms with van der Waals surface area (Å²) >= 11 is 0. The van der Waals surface area contributed by atoms with Crippen LogP contribution in [0.5, 0.6) is 0 Å². The number of rotatable bonds is 5. The molecule has 0 radical (unpaired) electrons. The molecular formula is C6H14N2O5S. The van der Waals surface area contributed by atoms with Crippen molar-refractivity contribution in [1.29, 1.82) is 0 Å². The van der Waals surface area contributed by atoms with E-state index in [-0.39, 0.29) is 13.0 Å². The summed E-state index contributed by atoms with van der Waals surface area (Å²) < 4.78 is 23.2. The van der Waals surface area contributed by atoms with Gasteiger partial charge in [0.05, 0.1) is 6.26 Å². The Labute approximate surface area is 82.2 Å². The molecule has 14 heavy (non-hydrogen) atoms. The molecular weight excluding hydrogens is 212 g/mol. The molecule has 0 heterocycles. The molecule has 0 saturated carbocycles. The maximum atomic E-state index is 10.9. The lowest BCUT2D eigenvalue weighted by Crippen LogP contribution is -2.46. The fourth-order valence-corrected chi connectivity index (χ4v) is 1.15. The second-order valence-corrected chi connectivity index (χ2v) is 4.82. The van der Waals surface area contributed by atoms with Crippen LogP contribution < -0.4 is 10.0 Å². The first-order valence-electron chi connectivity index (χ1n) is 3.80. The minimum Gasteiger partial charge on any atom is -0.349 e. The summed E-state index contributed by atoms with van der Waals surface area (Å²) in [5.41, 5.74) is 0. The van der Waals surface area contributed by atoms with E-state index in [2.05, 4.69) is 4.72 Å². The van der Waals surface area contributed by atoms with E-state index < -0.39 is 21.8 Å². The van der Waals surface area contributed by atoms with Gasteiger partial charge in [-0.3, -0.25) is 4.79 Å². The van der Waals surface area contributed by atoms with Gasteiger partial charge in [0.25, 0.3) is 0 Å². The monoisotopic (exact) mass is 226 g/mol. The van der Waals surface area contributed by atoms with Crippen LogP contribution in [0.3, 0.4) is 0 Å². The molecule has 0 aliphatic rings. The smallest absolute Gasteiger partial charge is 0.243 e. The number of hydrogen-bond donors (Lipinski definition) is 4. The highest BCUT2D eigenvalue weighted by molar-refractivity contribution is 7.88. The standard InChI is InChI=1S/C6H14N2O5S/c1-6(10,11)8-5(9)3-4-7-14(2,12)13/h7,10-11H,3-4H2,1-2H3,(H,8,9). The Morgan fingerprint density at radius 2 is 1.93 bits per heavy atom. The maximum absolute atomic E-state index is 10.9. The van der Waals surface area contributed by atoms with E-state index in [1.807, 2.05) is 5.32 Å². The zero-order valence-electron chi connectivity index (χ0n) is 7.94. The number of hydrogen-bond acceptors (Lipinski definition) is 5. The topological polar surface area (TPSA) is 116 Å². The molecule has 0 fully saturated rings. The summed E-state index contributed by atoms with van der Waals surface area (Å²) in [4.78, 5) is 10.9. The van der Waals surface area contributed by atoms with Crippen molar-refractivity contribution in [2.24, 2.45) is 0 Å². The van der Waals surface area contributed by atoms with Crippen molar-refractivity contribution in [3.8, 4) is 0 Å². The summed E-state index contributed by atoms with van der Waals surface area (Å²) in [6.07, 6.45) is 0.802. The van der Waals surface area contributed by atoms with Crippen LogP contribution in [0.1, 0.15) is 13.3 Å². The van der Waals surface area contributed by atoms with Gasteiger partial charge < -0.3 is 15.5 Å². The third kappa shape index (κ3) is 9.39. The quantitative estimate of drug-likeness (QED) is 0.393. The molecule has 4 N–H and O–H groups in total. The number of aliphatic hydroxyl groups is 2. The van der Waals surface area contributed by atoms with Crippen molar-refractivity contribution >= 4 is 15.9 Å². The van der Waals surface area contributed by atoms with Gasteiger partial charge in [-0.2, -0.15) is 0 Å². The minimum absolute atomic E-state index is 0.0826. The van der Waals surface area contributed by atoms with Crippen LogP contribution in [0.4, 0.5) is 0 Å². The molecule has 1 amide bonds. The molecule has 7 nitrogen and oxygen atoms in total. The number of amides is 1. The Morgan fingerprint density at radius 1 is 1.43 bits per heavy atom. The predicted octanol–water partition coefficient (Wildman–Crippen LogP) is -2.30. The summed E-state index contributed by atoms with van der Waals surface area (Å²) in [6.45, 7) is 0.898. The van der Waals surface area contributed by atoms with E-state index in [9.17, 15) is 13.2 Å². The molecule has 0 aliphatic carbocycles. The van der Waals surface area contributed by atoms with Crippen LogP contribution in [0.2, 0.25) is 0 Å². The highest BCUT2D eigenvalue weighted by atomic mass is 32.2. The maximum Gasteiger partial charge on any atom is 0.243 e. The van der Waals surface area contributed by atoms with Crippen molar-refractivity contribution in [2.75, 3.05) is 12.8 Å². The van der Waals surface area contributed by atoms with Crippen molar-refractivity contribution in [3.63, 3.8) is 0 Å². The van der Waals surface area contributed by atoms with Crippen LogP contribution >= 0.6 is 0 Å². The summed E-state index contributed by atoms with van der Waals surface area (Å²) in [5.74, 6) is -2.93. The molecule has 0 saturated heterocycles. The van der Waals surface area contributed by atoms with E-state index in [1.54, 1.807) is 0 Å². The Hall–Kier alpha value is -0.700. The van der Waals surface area contributed by atoms with E-state index >= 15 is 0 Å². The van der Waals surface area contributed by atoms with E-state index in [0.29, 0.717) is 0 Å². The second-order valence-electron chi connectivity index (χ2n) is 2.99. The number of nitrogens with one attached hydrogen (secondary N) is 2. The Balaban J connectivity index is 3.77. The van der Waals surface area contributed by atoms with Gasteiger partial charge >= 0.3 is 0 Å². The van der Waals surface area contributed by atoms with Crippen molar-refractivity contribution < 1.29 is 23.4 Å². The Bertz CT molecular complexity index is 292. The van der Waals surface area contributed by atoms with Gasteiger partial charge in [0.1, 0.15) is 0 Å². The molecule has 0 spiro atoms. The lowest BCUT2D eigenvalue weighted by molar-refractivity contribution is -0.177. The molecule has 0 unspecified atom stereocenters. The molecule has 0 aromatic carbocycles. The molecule has 8 heteroatoms. The van der Waals surface area contributed by atoms with Crippen LogP contribution in [-0.4, -0.2) is 43.2 Å². The third-order valence-electron chi connectivity index (χ3n) is 1.09. The number of sulfonamides is 1. The second kappa shape index (κ2) is 4.69. The average molecular weight is 226 g/mol. The zero-order chi connectivity index (χ0) is 11.4. The largest absolute Gasteiger partial charge is 0.349 e. The number of carbonyl (C=O) groups is 1. The summed E-state index contributed by atoms with van der Waals surface area (Å²) in [5, 5.41) is 19.3. The minimum atomic E-state index is -3.32. The van der Waals surface area contributed by atoms with Crippen molar-refractivity contribution in [1.82, 2.24) is 10.0 Å². The van der Waals surface area contributed by atoms with Gasteiger partial charge in [0.15, 0.2) is 0 Å². The normalized spacial score (nSPS) is 12.6. The molecule has 0 rings (SSSR count). The SMILES string of the molecule is CC(O)(O)NC(=O)CCNS(C)(=O)=O. The van der Waals surface area contributed by atoms with E-state index in [0.717, 1.165) is 13.2 Å². The van der Waals surface area contributed by atoms with Gasteiger partial charge in [-0.1, -0.05) is 0 Å². The Kier molecular flexibility index (Phi) is 4.46. The first kappa shape index (κ1) is 13.3. The van der Waals surface area contributed by atoms with Crippen LogP contribution in [0, 0.1) is 0 Å². The highest BCUT2D eigenvalue weighted by Crippen LogP contribution is 1.91. The Morgan fingerprint density at radius 3 is 2.29 bits per heavy atom. The van der Waals surface area contributed by atoms with E-state index in [4.69, 9.17) is 10.2 Å². The van der Waals surface area contributed by atoms with Crippen LogP contribution in [-0.2, 0) is 14.8 Å². The average Bonchev–Trinajstić information content (AvgIpc) is 1.78. The third-order valence-corrected chi connectivity index (χ3v) is 1.82. The highest BCUT2D eigenvalue weighted by Gasteiger charge is 2.17. The first-order valence-corrected chi connectivity index (χ1v) is 5.70. The lowest BCUT2D eigenvalue weighted by atomic mass is 10.4. The fourth-order valence-electron chi connectivity index (χ4n) is 0.677. The molecule has 0 aliphatic heterocycles. The van der Waals surface area contributed by atoms with Crippen molar-refractivity contribution in [2.45, 2.75) is 19.3 Å².